The van der Waals surface area contributed by atoms with Crippen LogP contribution in [0.5, 0.6) is 5.75 Å². The molecule has 1 amide bonds. The lowest BCUT2D eigenvalue weighted by molar-refractivity contribution is -0.393. The Kier molecular flexibility index (Phi) is 9.61. The molecule has 0 fully saturated rings. The van der Waals surface area contributed by atoms with E-state index in [0.29, 0.717) is 18.7 Å². The highest BCUT2D eigenvalue weighted by molar-refractivity contribution is 5.92. The zero-order valence-electron chi connectivity index (χ0n) is 21.5. The number of nitrogens with zero attached hydrogens (tertiary/aromatic N) is 5. The van der Waals surface area contributed by atoms with E-state index in [9.17, 15) is 35.1 Å². The number of nitrogens with one attached hydrogen (secondary N) is 2. The van der Waals surface area contributed by atoms with Gasteiger partial charge in [-0.25, -0.2) is 0 Å². The Morgan fingerprint density at radius 2 is 1.62 bits per heavy atom. The molecule has 3 rings (SSSR count). The maximum absolute atomic E-state index is 12.5. The second-order valence-corrected chi connectivity index (χ2v) is 8.12. The predicted molar refractivity (Wildman–Crippen MR) is 148 cm³/mol. The fraction of sp³-hybridized carbons (Fsp3) is 0.200. The lowest BCUT2D eigenvalue weighted by Gasteiger charge is -2.22. The quantitative estimate of drug-likeness (QED) is 0.170. The van der Waals surface area contributed by atoms with Crippen LogP contribution >= 0.6 is 0 Å². The van der Waals surface area contributed by atoms with Crippen molar-refractivity contribution in [2.75, 3.05) is 35.3 Å². The lowest BCUT2D eigenvalue weighted by Crippen LogP contribution is -2.23. The molecule has 0 heterocycles. The second-order valence-electron chi connectivity index (χ2n) is 8.12. The van der Waals surface area contributed by atoms with E-state index in [-0.39, 0.29) is 22.8 Å². The Morgan fingerprint density at radius 3 is 2.27 bits per heavy atom. The molecule has 0 aromatic heterocycles. The molecule has 3 aromatic rings. The van der Waals surface area contributed by atoms with E-state index in [1.165, 1.54) is 36.5 Å². The van der Waals surface area contributed by atoms with Crippen LogP contribution in [0.3, 0.4) is 0 Å². The monoisotopic (exact) mass is 551 g/mol. The summed E-state index contributed by atoms with van der Waals surface area (Å²) in [6.45, 7) is 4.95. The van der Waals surface area contributed by atoms with Gasteiger partial charge in [-0.2, -0.15) is 5.10 Å². The van der Waals surface area contributed by atoms with Gasteiger partial charge in [0.25, 0.3) is 17.3 Å². The fourth-order valence-electron chi connectivity index (χ4n) is 3.63. The Labute approximate surface area is 227 Å². The van der Waals surface area contributed by atoms with Crippen molar-refractivity contribution in [2.24, 2.45) is 5.10 Å². The first-order valence-electron chi connectivity index (χ1n) is 11.9. The number of hydrazone groups is 1. The van der Waals surface area contributed by atoms with Crippen LogP contribution in [0.25, 0.3) is 0 Å². The SMILES string of the molecule is CCN(CC)c1ccc(/C=N\Nc2ccc([N+](=O)[O-])cc2[N+](=O)[O-])c(OCC(=O)Nc2cccc([N+](=O)[O-])c2)c1. The van der Waals surface area contributed by atoms with Crippen LogP contribution in [-0.4, -0.2) is 46.6 Å². The number of anilines is 3. The molecule has 0 atom stereocenters. The number of nitro groups is 3. The summed E-state index contributed by atoms with van der Waals surface area (Å²) in [5.74, 6) is -0.279. The van der Waals surface area contributed by atoms with E-state index in [2.05, 4.69) is 20.7 Å². The van der Waals surface area contributed by atoms with E-state index in [1.54, 1.807) is 12.1 Å². The minimum absolute atomic E-state index is 0.0644. The van der Waals surface area contributed by atoms with Crippen LogP contribution < -0.4 is 20.4 Å². The molecule has 15 heteroatoms. The first-order valence-corrected chi connectivity index (χ1v) is 11.9. The number of benzene rings is 3. The molecule has 40 heavy (non-hydrogen) atoms. The summed E-state index contributed by atoms with van der Waals surface area (Å²) in [5.41, 5.74) is 2.78. The molecule has 3 aromatic carbocycles. The van der Waals surface area contributed by atoms with E-state index in [4.69, 9.17) is 4.74 Å². The van der Waals surface area contributed by atoms with Crippen molar-refractivity contribution in [3.05, 3.63) is 96.6 Å². The van der Waals surface area contributed by atoms with Crippen LogP contribution in [-0.2, 0) is 4.79 Å². The summed E-state index contributed by atoms with van der Waals surface area (Å²) in [5, 5.41) is 39.9. The van der Waals surface area contributed by atoms with Crippen molar-refractivity contribution in [3.8, 4) is 5.75 Å². The molecule has 0 saturated carbocycles. The molecule has 0 aliphatic heterocycles. The number of amides is 1. The zero-order valence-corrected chi connectivity index (χ0v) is 21.5. The largest absolute Gasteiger partial charge is 0.483 e. The molecule has 0 unspecified atom stereocenters. The number of nitro benzene ring substituents is 3. The van der Waals surface area contributed by atoms with Crippen LogP contribution in [0.4, 0.5) is 34.1 Å². The molecule has 0 saturated heterocycles. The van der Waals surface area contributed by atoms with Gasteiger partial charge in [0.05, 0.1) is 27.1 Å². The maximum atomic E-state index is 12.5. The third kappa shape index (κ3) is 7.47. The minimum Gasteiger partial charge on any atom is -0.483 e. The topological polar surface area (TPSA) is 195 Å². The zero-order chi connectivity index (χ0) is 29.2. The maximum Gasteiger partial charge on any atom is 0.301 e. The van der Waals surface area contributed by atoms with Gasteiger partial charge in [0, 0.05) is 54.3 Å². The fourth-order valence-corrected chi connectivity index (χ4v) is 3.63. The standard InChI is InChI=1S/C25H25N7O8/c1-3-29(4-2)19-9-8-17(15-26-28-22-11-10-21(31(36)37)13-23(22)32(38)39)24(14-19)40-16-25(33)27-18-6-5-7-20(12-18)30(34)35/h5-15,28H,3-4,16H2,1-2H3,(H,27,33)/b26-15-. The van der Waals surface area contributed by atoms with E-state index in [1.807, 2.05) is 19.9 Å². The number of carbonyl (C=O) groups is 1. The first-order chi connectivity index (χ1) is 19.1. The summed E-state index contributed by atoms with van der Waals surface area (Å²) in [6.07, 6.45) is 1.32. The number of non-ortho nitro benzene ring substituents is 2. The van der Waals surface area contributed by atoms with Gasteiger partial charge in [0.1, 0.15) is 11.4 Å². The summed E-state index contributed by atoms with van der Waals surface area (Å²) in [4.78, 5) is 45.8. The van der Waals surface area contributed by atoms with Crippen molar-refractivity contribution in [3.63, 3.8) is 0 Å². The Bertz CT molecular complexity index is 1460. The van der Waals surface area contributed by atoms with Gasteiger partial charge >= 0.3 is 5.69 Å². The molecule has 15 nitrogen and oxygen atoms in total. The molecular weight excluding hydrogens is 526 g/mol. The second kappa shape index (κ2) is 13.3. The minimum atomic E-state index is -0.766. The van der Waals surface area contributed by atoms with E-state index < -0.39 is 38.7 Å². The van der Waals surface area contributed by atoms with Gasteiger partial charge in [0.2, 0.25) is 0 Å². The van der Waals surface area contributed by atoms with Crippen LogP contribution in [0.2, 0.25) is 0 Å². The van der Waals surface area contributed by atoms with Crippen molar-refractivity contribution < 1.29 is 24.3 Å². The van der Waals surface area contributed by atoms with E-state index in [0.717, 1.165) is 17.8 Å². The van der Waals surface area contributed by atoms with Gasteiger partial charge in [-0.05, 0) is 38.1 Å². The van der Waals surface area contributed by atoms with Crippen LogP contribution in [0, 0.1) is 30.3 Å². The Hall–Kier alpha value is -5.60. The van der Waals surface area contributed by atoms with Crippen LogP contribution in [0.1, 0.15) is 19.4 Å². The summed E-state index contributed by atoms with van der Waals surface area (Å²) in [7, 11) is 0. The first kappa shape index (κ1) is 29.0. The molecule has 0 radical (unpaired) electrons. The van der Waals surface area contributed by atoms with E-state index >= 15 is 0 Å². The molecule has 2 N–H and O–H groups in total. The number of hydrogen-bond acceptors (Lipinski definition) is 11. The Balaban J connectivity index is 1.81. The highest BCUT2D eigenvalue weighted by Gasteiger charge is 2.19. The average molecular weight is 552 g/mol. The normalized spacial score (nSPS) is 10.7. The average Bonchev–Trinajstić information content (AvgIpc) is 2.93. The predicted octanol–water partition coefficient (Wildman–Crippen LogP) is 4.72. The molecule has 208 valence electrons. The molecule has 0 bridgehead atoms. The van der Waals surface area contributed by atoms with Gasteiger partial charge in [-0.1, -0.05) is 6.07 Å². The number of hydrogen-bond donors (Lipinski definition) is 2. The Morgan fingerprint density at radius 1 is 0.925 bits per heavy atom. The summed E-state index contributed by atoms with van der Waals surface area (Å²) < 4.78 is 5.76. The third-order valence-corrected chi connectivity index (χ3v) is 5.60. The summed E-state index contributed by atoms with van der Waals surface area (Å²) in [6, 6.07) is 13.8. The molecule has 0 aliphatic rings. The van der Waals surface area contributed by atoms with Gasteiger partial charge in [-0.15, -0.1) is 0 Å². The van der Waals surface area contributed by atoms with Crippen molar-refractivity contribution in [1.82, 2.24) is 0 Å². The molecule has 0 aliphatic carbocycles. The van der Waals surface area contributed by atoms with Gasteiger partial charge in [-0.3, -0.25) is 40.6 Å². The number of carbonyl (C=O) groups excluding carboxylic acids is 1. The smallest absolute Gasteiger partial charge is 0.301 e. The van der Waals surface area contributed by atoms with Crippen molar-refractivity contribution >= 4 is 46.2 Å². The van der Waals surface area contributed by atoms with Crippen molar-refractivity contribution in [2.45, 2.75) is 13.8 Å². The molecular formula is C25H25N7O8. The highest BCUT2D eigenvalue weighted by atomic mass is 16.6. The summed E-state index contributed by atoms with van der Waals surface area (Å²) >= 11 is 0. The molecule has 0 spiro atoms. The van der Waals surface area contributed by atoms with Crippen molar-refractivity contribution in [1.29, 1.82) is 0 Å². The third-order valence-electron chi connectivity index (χ3n) is 5.60. The van der Waals surface area contributed by atoms with Gasteiger partial charge in [0.15, 0.2) is 6.61 Å². The highest BCUT2D eigenvalue weighted by Crippen LogP contribution is 2.29. The van der Waals surface area contributed by atoms with Gasteiger partial charge < -0.3 is 15.0 Å². The van der Waals surface area contributed by atoms with Crippen LogP contribution in [0.15, 0.2) is 65.8 Å². The number of ether oxygens (including phenoxy) is 1. The lowest BCUT2D eigenvalue weighted by atomic mass is 10.1. The number of rotatable bonds is 13.